The van der Waals surface area contributed by atoms with E-state index in [0.29, 0.717) is 12.1 Å². The molecule has 2 heterocycles. The number of hydrogen-bond donors (Lipinski definition) is 0. The van der Waals surface area contributed by atoms with Gasteiger partial charge in [-0.15, -0.1) is 0 Å². The van der Waals surface area contributed by atoms with Gasteiger partial charge in [0.1, 0.15) is 5.69 Å². The number of benzene rings is 1. The van der Waals surface area contributed by atoms with Crippen LogP contribution >= 0.6 is 0 Å². The van der Waals surface area contributed by atoms with Gasteiger partial charge in [0.25, 0.3) is 11.6 Å². The molecule has 1 aliphatic rings. The predicted octanol–water partition coefficient (Wildman–Crippen LogP) is 2.58. The molecular weight excluding hydrogens is 270 g/mol. The lowest BCUT2D eigenvalue weighted by atomic mass is 10.1. The molecule has 0 aliphatic carbocycles. The zero-order valence-corrected chi connectivity index (χ0v) is 11.4. The van der Waals surface area contributed by atoms with Gasteiger partial charge >= 0.3 is 0 Å². The van der Waals surface area contributed by atoms with Crippen molar-refractivity contribution < 1.29 is 9.72 Å². The van der Waals surface area contributed by atoms with Crippen LogP contribution in [0, 0.1) is 10.1 Å². The molecule has 0 N–H and O–H groups in total. The lowest BCUT2D eigenvalue weighted by molar-refractivity contribution is -0.384. The van der Waals surface area contributed by atoms with Crippen molar-refractivity contribution in [2.24, 2.45) is 0 Å². The van der Waals surface area contributed by atoms with E-state index >= 15 is 0 Å². The molecule has 0 saturated heterocycles. The Morgan fingerprint density at radius 3 is 2.86 bits per heavy atom. The van der Waals surface area contributed by atoms with Crippen molar-refractivity contribution in [3.05, 3.63) is 64.0 Å². The molecule has 0 radical (unpaired) electrons. The minimum absolute atomic E-state index is 0.0449. The average Bonchev–Trinajstić information content (AvgIpc) is 2.82. The van der Waals surface area contributed by atoms with E-state index in [1.807, 2.05) is 6.92 Å². The summed E-state index contributed by atoms with van der Waals surface area (Å²) in [5.41, 5.74) is 1.97. The Kier molecular flexibility index (Phi) is 3.13. The molecule has 1 atom stereocenters. The number of nitro benzene ring substituents is 1. The van der Waals surface area contributed by atoms with Crippen molar-refractivity contribution in [3.63, 3.8) is 0 Å². The van der Waals surface area contributed by atoms with E-state index < -0.39 is 4.92 Å². The first-order valence-corrected chi connectivity index (χ1v) is 6.60. The second-order valence-electron chi connectivity index (χ2n) is 5.01. The molecule has 0 spiro atoms. The SMILES string of the molecule is C[C@@H]1Cc2cc([N+](=O)[O-])ccc2N1C(=O)c1ccccn1. The Morgan fingerprint density at radius 1 is 1.38 bits per heavy atom. The van der Waals surface area contributed by atoms with Gasteiger partial charge in [0, 0.05) is 30.1 Å². The Hall–Kier alpha value is -2.76. The number of nitrogens with zero attached hydrogens (tertiary/aromatic N) is 3. The first kappa shape index (κ1) is 13.2. The number of hydrogen-bond acceptors (Lipinski definition) is 4. The second kappa shape index (κ2) is 4.97. The topological polar surface area (TPSA) is 76.3 Å². The highest BCUT2D eigenvalue weighted by Crippen LogP contribution is 2.35. The number of pyridine rings is 1. The third-order valence-electron chi connectivity index (χ3n) is 3.59. The van der Waals surface area contributed by atoms with Crippen LogP contribution in [-0.2, 0) is 6.42 Å². The molecule has 1 aromatic carbocycles. The van der Waals surface area contributed by atoms with Crippen LogP contribution in [0.5, 0.6) is 0 Å². The molecule has 6 heteroatoms. The van der Waals surface area contributed by atoms with Gasteiger partial charge in [-0.25, -0.2) is 0 Å². The average molecular weight is 283 g/mol. The fourth-order valence-electron chi connectivity index (χ4n) is 2.65. The van der Waals surface area contributed by atoms with E-state index in [1.165, 1.54) is 12.1 Å². The summed E-state index contributed by atoms with van der Waals surface area (Å²) in [6, 6.07) is 9.74. The number of amides is 1. The second-order valence-corrected chi connectivity index (χ2v) is 5.01. The van der Waals surface area contributed by atoms with Gasteiger partial charge < -0.3 is 4.90 Å². The summed E-state index contributed by atoms with van der Waals surface area (Å²) in [7, 11) is 0. The highest BCUT2D eigenvalue weighted by atomic mass is 16.6. The van der Waals surface area contributed by atoms with Crippen molar-refractivity contribution in [2.75, 3.05) is 4.90 Å². The summed E-state index contributed by atoms with van der Waals surface area (Å²) in [6.45, 7) is 1.92. The fraction of sp³-hybridized carbons (Fsp3) is 0.200. The molecule has 0 unspecified atom stereocenters. The maximum Gasteiger partial charge on any atom is 0.277 e. The molecule has 2 aromatic rings. The van der Waals surface area contributed by atoms with Crippen molar-refractivity contribution >= 4 is 17.3 Å². The lowest BCUT2D eigenvalue weighted by Crippen LogP contribution is -2.36. The van der Waals surface area contributed by atoms with Gasteiger partial charge in [0.15, 0.2) is 0 Å². The summed E-state index contributed by atoms with van der Waals surface area (Å²) in [5.74, 6) is -0.185. The number of anilines is 1. The predicted molar refractivity (Wildman–Crippen MR) is 77.3 cm³/mol. The Balaban J connectivity index is 1.99. The summed E-state index contributed by atoms with van der Waals surface area (Å²) in [5, 5.41) is 10.8. The minimum Gasteiger partial charge on any atom is -0.304 e. The van der Waals surface area contributed by atoms with Gasteiger partial charge in [-0.05, 0) is 37.1 Å². The van der Waals surface area contributed by atoms with Crippen molar-refractivity contribution in [1.82, 2.24) is 4.98 Å². The summed E-state index contributed by atoms with van der Waals surface area (Å²) >= 11 is 0. The smallest absolute Gasteiger partial charge is 0.277 e. The van der Waals surface area contributed by atoms with Crippen LogP contribution in [0.3, 0.4) is 0 Å². The number of carbonyl (C=O) groups excluding carboxylic acids is 1. The molecule has 1 amide bonds. The molecule has 6 nitrogen and oxygen atoms in total. The highest BCUT2D eigenvalue weighted by molar-refractivity contribution is 6.06. The number of nitro groups is 1. The largest absolute Gasteiger partial charge is 0.304 e. The number of rotatable bonds is 2. The third-order valence-corrected chi connectivity index (χ3v) is 3.59. The number of aromatic nitrogens is 1. The van der Waals surface area contributed by atoms with Gasteiger partial charge in [-0.3, -0.25) is 19.9 Å². The first-order chi connectivity index (χ1) is 10.1. The molecule has 1 aliphatic heterocycles. The zero-order chi connectivity index (χ0) is 15.0. The van der Waals surface area contributed by atoms with Crippen LogP contribution in [0.25, 0.3) is 0 Å². The van der Waals surface area contributed by atoms with Gasteiger partial charge in [-0.2, -0.15) is 0 Å². The van der Waals surface area contributed by atoms with E-state index in [4.69, 9.17) is 0 Å². The van der Waals surface area contributed by atoms with Crippen molar-refractivity contribution in [1.29, 1.82) is 0 Å². The standard InChI is InChI=1S/C15H13N3O3/c1-10-8-11-9-12(18(20)21)5-6-14(11)17(10)15(19)13-4-2-3-7-16-13/h2-7,9-10H,8H2,1H3/t10-/m1/s1. The Bertz CT molecular complexity index is 715. The zero-order valence-electron chi connectivity index (χ0n) is 11.4. The van der Waals surface area contributed by atoms with E-state index in [9.17, 15) is 14.9 Å². The van der Waals surface area contributed by atoms with Gasteiger partial charge in [0.05, 0.1) is 4.92 Å². The van der Waals surface area contributed by atoms with Crippen molar-refractivity contribution in [3.8, 4) is 0 Å². The molecule has 1 aromatic heterocycles. The molecule has 21 heavy (non-hydrogen) atoms. The molecule has 0 fully saturated rings. The van der Waals surface area contributed by atoms with E-state index in [1.54, 1.807) is 35.4 Å². The molecular formula is C15H13N3O3. The quantitative estimate of drug-likeness (QED) is 0.627. The fourth-order valence-corrected chi connectivity index (χ4v) is 2.65. The Morgan fingerprint density at radius 2 is 2.19 bits per heavy atom. The maximum absolute atomic E-state index is 12.6. The van der Waals surface area contributed by atoms with Gasteiger partial charge in [0.2, 0.25) is 0 Å². The first-order valence-electron chi connectivity index (χ1n) is 6.60. The van der Waals surface area contributed by atoms with E-state index in [2.05, 4.69) is 4.98 Å². The van der Waals surface area contributed by atoms with E-state index in [0.717, 1.165) is 11.3 Å². The number of carbonyl (C=O) groups is 1. The molecule has 3 rings (SSSR count). The minimum atomic E-state index is -0.422. The van der Waals surface area contributed by atoms with Crippen LogP contribution in [0.2, 0.25) is 0 Å². The summed E-state index contributed by atoms with van der Waals surface area (Å²) in [4.78, 5) is 28.7. The van der Waals surface area contributed by atoms with Crippen molar-refractivity contribution in [2.45, 2.75) is 19.4 Å². The summed E-state index contributed by atoms with van der Waals surface area (Å²) < 4.78 is 0. The Labute approximate surface area is 121 Å². The highest BCUT2D eigenvalue weighted by Gasteiger charge is 2.33. The van der Waals surface area contributed by atoms with Crippen LogP contribution in [-0.4, -0.2) is 21.9 Å². The summed E-state index contributed by atoms with van der Waals surface area (Å²) in [6.07, 6.45) is 2.18. The van der Waals surface area contributed by atoms with Crippen LogP contribution in [0.1, 0.15) is 23.0 Å². The maximum atomic E-state index is 12.6. The molecule has 0 bridgehead atoms. The van der Waals surface area contributed by atoms with Crippen LogP contribution in [0.4, 0.5) is 11.4 Å². The van der Waals surface area contributed by atoms with Gasteiger partial charge in [-0.1, -0.05) is 6.07 Å². The van der Waals surface area contributed by atoms with E-state index in [-0.39, 0.29) is 17.6 Å². The third kappa shape index (κ3) is 2.24. The number of non-ortho nitro benzene ring substituents is 1. The molecule has 0 saturated carbocycles. The normalized spacial score (nSPS) is 16.6. The number of fused-ring (bicyclic) bond motifs is 1. The van der Waals surface area contributed by atoms with Crippen LogP contribution < -0.4 is 4.90 Å². The lowest BCUT2D eigenvalue weighted by Gasteiger charge is -2.22. The monoisotopic (exact) mass is 283 g/mol. The molecule has 106 valence electrons. The van der Waals surface area contributed by atoms with Crippen LogP contribution in [0.15, 0.2) is 42.6 Å².